The van der Waals surface area contributed by atoms with E-state index in [9.17, 15) is 8.42 Å². The number of ether oxygens (including phenoxy) is 1. The molecule has 0 fully saturated rings. The molecule has 0 aliphatic carbocycles. The molecule has 6 heteroatoms. The van der Waals surface area contributed by atoms with Gasteiger partial charge < -0.3 is 4.74 Å². The van der Waals surface area contributed by atoms with Gasteiger partial charge in [0.1, 0.15) is 5.75 Å². The highest BCUT2D eigenvalue weighted by molar-refractivity contribution is 7.90. The maximum atomic E-state index is 13.1. The summed E-state index contributed by atoms with van der Waals surface area (Å²) in [5.41, 5.74) is 2.01. The first-order valence-corrected chi connectivity index (χ1v) is 9.39. The summed E-state index contributed by atoms with van der Waals surface area (Å²) in [6.45, 7) is 2.05. The molecular weight excluding hydrogens is 336 g/mol. The summed E-state index contributed by atoms with van der Waals surface area (Å²) in [4.78, 5) is 0.155. The molecule has 0 amide bonds. The number of hydrogen-bond donors (Lipinski definition) is 0. The topological polar surface area (TPSA) is 72.1 Å². The van der Waals surface area contributed by atoms with E-state index in [-0.39, 0.29) is 4.90 Å². The lowest BCUT2D eigenvalue weighted by Crippen LogP contribution is -2.11. The van der Waals surface area contributed by atoms with Crippen molar-refractivity contribution in [3.8, 4) is 11.8 Å². The van der Waals surface area contributed by atoms with Crippen LogP contribution in [0.3, 0.4) is 0 Å². The third kappa shape index (κ3) is 2.99. The average Bonchev–Trinajstić information content (AvgIpc) is 3.00. The predicted octanol–water partition coefficient (Wildman–Crippen LogP) is 3.71. The van der Waals surface area contributed by atoms with Crippen LogP contribution in [0.4, 0.5) is 0 Å². The normalized spacial score (nSPS) is 11.4. The molecule has 0 radical (unpaired) electrons. The summed E-state index contributed by atoms with van der Waals surface area (Å²) in [5, 5.41) is 9.76. The van der Waals surface area contributed by atoms with E-state index in [0.29, 0.717) is 16.8 Å². The van der Waals surface area contributed by atoms with Crippen molar-refractivity contribution < 1.29 is 13.2 Å². The molecule has 0 atom stereocenters. The van der Waals surface area contributed by atoms with Crippen LogP contribution in [0.5, 0.6) is 5.75 Å². The zero-order valence-electron chi connectivity index (χ0n) is 14.1. The van der Waals surface area contributed by atoms with Crippen LogP contribution in [0.25, 0.3) is 10.9 Å². The number of benzene rings is 2. The Morgan fingerprint density at radius 3 is 2.48 bits per heavy atom. The van der Waals surface area contributed by atoms with Gasteiger partial charge in [-0.2, -0.15) is 5.26 Å². The van der Waals surface area contributed by atoms with Crippen molar-refractivity contribution in [3.05, 3.63) is 59.8 Å². The summed E-state index contributed by atoms with van der Waals surface area (Å²) >= 11 is 0. The van der Waals surface area contributed by atoms with Crippen LogP contribution in [-0.4, -0.2) is 19.5 Å². The van der Waals surface area contributed by atoms with E-state index in [1.165, 1.54) is 28.2 Å². The van der Waals surface area contributed by atoms with Crippen LogP contribution < -0.4 is 4.74 Å². The molecule has 5 nitrogen and oxygen atoms in total. The van der Waals surface area contributed by atoms with Crippen molar-refractivity contribution in [3.63, 3.8) is 0 Å². The fourth-order valence-corrected chi connectivity index (χ4v) is 4.25. The second kappa shape index (κ2) is 6.61. The molecule has 2 aromatic carbocycles. The van der Waals surface area contributed by atoms with Crippen LogP contribution in [0.2, 0.25) is 0 Å². The smallest absolute Gasteiger partial charge is 0.268 e. The summed E-state index contributed by atoms with van der Waals surface area (Å²) in [6, 6.07) is 13.3. The predicted molar refractivity (Wildman–Crippen MR) is 96.2 cm³/mol. The molecule has 25 heavy (non-hydrogen) atoms. The van der Waals surface area contributed by atoms with Gasteiger partial charge in [0.25, 0.3) is 10.0 Å². The number of aryl methyl sites for hydroxylation is 1. The van der Waals surface area contributed by atoms with Gasteiger partial charge in [-0.1, -0.05) is 13.3 Å². The highest BCUT2D eigenvalue weighted by Gasteiger charge is 2.21. The van der Waals surface area contributed by atoms with E-state index in [2.05, 4.69) is 6.92 Å². The number of rotatable bonds is 5. The van der Waals surface area contributed by atoms with Gasteiger partial charge in [0, 0.05) is 11.6 Å². The van der Waals surface area contributed by atoms with E-state index in [1.54, 1.807) is 25.4 Å². The molecule has 0 N–H and O–H groups in total. The Hall–Kier alpha value is -2.78. The quantitative estimate of drug-likeness (QED) is 0.700. The third-order valence-corrected chi connectivity index (χ3v) is 5.81. The highest BCUT2D eigenvalue weighted by Crippen LogP contribution is 2.30. The van der Waals surface area contributed by atoms with E-state index in [4.69, 9.17) is 10.00 Å². The number of nitriles is 1. The Morgan fingerprint density at radius 1 is 1.16 bits per heavy atom. The summed E-state index contributed by atoms with van der Waals surface area (Å²) in [6.07, 6.45) is 3.37. The number of nitrogens with zero attached hydrogens (tertiary/aromatic N) is 2. The molecule has 0 bridgehead atoms. The minimum Gasteiger partial charge on any atom is -0.497 e. The van der Waals surface area contributed by atoms with Gasteiger partial charge in [0.15, 0.2) is 0 Å². The molecule has 1 heterocycles. The molecule has 128 valence electrons. The lowest BCUT2D eigenvalue weighted by atomic mass is 10.1. The van der Waals surface area contributed by atoms with Crippen LogP contribution in [0, 0.1) is 11.3 Å². The Balaban J connectivity index is 2.21. The first kappa shape index (κ1) is 17.1. The largest absolute Gasteiger partial charge is 0.497 e. The van der Waals surface area contributed by atoms with E-state index in [1.807, 2.05) is 12.1 Å². The maximum absolute atomic E-state index is 13.1. The molecule has 0 saturated carbocycles. The Bertz CT molecular complexity index is 1060. The fourth-order valence-electron chi connectivity index (χ4n) is 2.85. The Kier molecular flexibility index (Phi) is 4.51. The molecule has 0 unspecified atom stereocenters. The lowest BCUT2D eigenvalue weighted by Gasteiger charge is -2.08. The molecule has 0 aliphatic heterocycles. The van der Waals surface area contributed by atoms with E-state index in [0.717, 1.165) is 23.8 Å². The maximum Gasteiger partial charge on any atom is 0.268 e. The van der Waals surface area contributed by atoms with Gasteiger partial charge in [-0.15, -0.1) is 0 Å². The van der Waals surface area contributed by atoms with Crippen molar-refractivity contribution in [1.82, 2.24) is 3.97 Å². The van der Waals surface area contributed by atoms with Crippen molar-refractivity contribution in [2.24, 2.45) is 0 Å². The Morgan fingerprint density at radius 2 is 1.88 bits per heavy atom. The third-order valence-electron chi connectivity index (χ3n) is 4.12. The first-order valence-electron chi connectivity index (χ1n) is 7.95. The summed E-state index contributed by atoms with van der Waals surface area (Å²) in [7, 11) is -2.15. The van der Waals surface area contributed by atoms with Crippen molar-refractivity contribution in [2.75, 3.05) is 7.11 Å². The second-order valence-corrected chi connectivity index (χ2v) is 7.54. The lowest BCUT2D eigenvalue weighted by molar-refractivity contribution is 0.415. The van der Waals surface area contributed by atoms with Crippen molar-refractivity contribution in [1.29, 1.82) is 5.26 Å². The zero-order valence-corrected chi connectivity index (χ0v) is 14.9. The van der Waals surface area contributed by atoms with Crippen LogP contribution >= 0.6 is 0 Å². The molecule has 1 aromatic heterocycles. The molecule has 3 aromatic rings. The first-order chi connectivity index (χ1) is 12.0. The highest BCUT2D eigenvalue weighted by atomic mass is 32.2. The monoisotopic (exact) mass is 354 g/mol. The van der Waals surface area contributed by atoms with E-state index >= 15 is 0 Å². The van der Waals surface area contributed by atoms with Gasteiger partial charge in [0.05, 0.1) is 29.2 Å². The minimum absolute atomic E-state index is 0.155. The van der Waals surface area contributed by atoms with Crippen molar-refractivity contribution in [2.45, 2.75) is 24.7 Å². The van der Waals surface area contributed by atoms with Crippen LogP contribution in [0.15, 0.2) is 53.6 Å². The van der Waals surface area contributed by atoms with Crippen LogP contribution in [0.1, 0.15) is 24.5 Å². The van der Waals surface area contributed by atoms with Crippen molar-refractivity contribution >= 4 is 20.9 Å². The number of methoxy groups -OCH3 is 1. The molecule has 3 rings (SSSR count). The zero-order chi connectivity index (χ0) is 18.0. The standard InChI is InChI=1S/C19H18N2O3S/c1-3-4-15-13-21(19-10-7-16(24-2)11-18(15)19)25(22,23)17-8-5-14(12-20)6-9-17/h5-11,13H,3-4H2,1-2H3. The minimum atomic E-state index is -3.74. The van der Waals surface area contributed by atoms with Gasteiger partial charge >= 0.3 is 0 Å². The molecule has 0 aliphatic rings. The number of fused-ring (bicyclic) bond motifs is 1. The number of hydrogen-bond acceptors (Lipinski definition) is 4. The molecule has 0 saturated heterocycles. The van der Waals surface area contributed by atoms with Gasteiger partial charge in [-0.3, -0.25) is 0 Å². The summed E-state index contributed by atoms with van der Waals surface area (Å²) in [5.74, 6) is 0.693. The Labute approximate surface area is 147 Å². The summed E-state index contributed by atoms with van der Waals surface area (Å²) < 4.78 is 32.7. The average molecular weight is 354 g/mol. The van der Waals surface area contributed by atoms with Crippen LogP contribution in [-0.2, 0) is 16.4 Å². The molecular formula is C19H18N2O3S. The van der Waals surface area contributed by atoms with Gasteiger partial charge in [-0.25, -0.2) is 12.4 Å². The molecule has 0 spiro atoms. The SMILES string of the molecule is CCCc1cn(S(=O)(=O)c2ccc(C#N)cc2)c2ccc(OC)cc12. The second-order valence-electron chi connectivity index (χ2n) is 5.72. The van der Waals surface area contributed by atoms with Gasteiger partial charge in [0.2, 0.25) is 0 Å². The fraction of sp³-hybridized carbons (Fsp3) is 0.211. The number of aromatic nitrogens is 1. The van der Waals surface area contributed by atoms with E-state index < -0.39 is 10.0 Å². The van der Waals surface area contributed by atoms with Gasteiger partial charge in [-0.05, 0) is 54.4 Å².